The first-order valence-corrected chi connectivity index (χ1v) is 9.71. The zero-order valence-corrected chi connectivity index (χ0v) is 16.3. The molecule has 1 atom stereocenters. The van der Waals surface area contributed by atoms with Crippen molar-refractivity contribution >= 4 is 23.3 Å². The Kier molecular flexibility index (Phi) is 5.62. The molecule has 2 aliphatic heterocycles. The second-order valence-electron chi connectivity index (χ2n) is 7.12. The van der Waals surface area contributed by atoms with Gasteiger partial charge in [0.15, 0.2) is 5.82 Å². The number of pyridine rings is 1. The van der Waals surface area contributed by atoms with Crippen molar-refractivity contribution in [2.45, 2.75) is 25.5 Å². The lowest BCUT2D eigenvalue weighted by atomic mass is 10.1. The molecular formula is C21H24N4O4. The number of methoxy groups -OCH3 is 1. The number of rotatable bonds is 6. The molecule has 152 valence electrons. The second kappa shape index (κ2) is 8.48. The summed E-state index contributed by atoms with van der Waals surface area (Å²) in [6, 6.07) is 9.26. The van der Waals surface area contributed by atoms with E-state index < -0.39 is 0 Å². The van der Waals surface area contributed by atoms with Gasteiger partial charge in [0.2, 0.25) is 5.91 Å². The molecule has 2 aliphatic rings. The predicted molar refractivity (Wildman–Crippen MR) is 108 cm³/mol. The predicted octanol–water partition coefficient (Wildman–Crippen LogP) is 1.96. The van der Waals surface area contributed by atoms with Crippen LogP contribution >= 0.6 is 0 Å². The molecule has 1 saturated heterocycles. The smallest absolute Gasteiger partial charge is 0.253 e. The molecule has 0 radical (unpaired) electrons. The van der Waals surface area contributed by atoms with Gasteiger partial charge in [-0.25, -0.2) is 4.98 Å². The van der Waals surface area contributed by atoms with E-state index in [-0.39, 0.29) is 24.5 Å². The van der Waals surface area contributed by atoms with Crippen molar-refractivity contribution in [3.8, 4) is 5.75 Å². The number of carbonyl (C=O) groups is 2. The Balaban J connectivity index is 1.51. The van der Waals surface area contributed by atoms with Gasteiger partial charge in [0.05, 0.1) is 37.6 Å². The third kappa shape index (κ3) is 4.32. The number of hydrogen-bond acceptors (Lipinski definition) is 6. The number of carbonyl (C=O) groups excluding carboxylic acids is 2. The molecule has 3 heterocycles. The lowest BCUT2D eigenvalue weighted by Gasteiger charge is -2.30. The lowest BCUT2D eigenvalue weighted by Crippen LogP contribution is -2.40. The van der Waals surface area contributed by atoms with Crippen molar-refractivity contribution in [2.75, 3.05) is 37.0 Å². The summed E-state index contributed by atoms with van der Waals surface area (Å²) in [7, 11) is 1.61. The number of ether oxygens (including phenoxy) is 2. The third-order valence-corrected chi connectivity index (χ3v) is 5.14. The second-order valence-corrected chi connectivity index (χ2v) is 7.12. The minimum atomic E-state index is -0.224. The topological polar surface area (TPSA) is 92.8 Å². The molecule has 29 heavy (non-hydrogen) atoms. The fourth-order valence-electron chi connectivity index (χ4n) is 3.51. The summed E-state index contributed by atoms with van der Waals surface area (Å²) in [5.74, 6) is 1.05. The maximum Gasteiger partial charge on any atom is 0.253 e. The van der Waals surface area contributed by atoms with Crippen molar-refractivity contribution < 1.29 is 19.1 Å². The van der Waals surface area contributed by atoms with E-state index in [4.69, 9.17) is 9.47 Å². The van der Waals surface area contributed by atoms with Gasteiger partial charge in [-0.05, 0) is 36.6 Å². The maximum absolute atomic E-state index is 12.6. The van der Waals surface area contributed by atoms with Crippen LogP contribution < -0.4 is 20.3 Å². The van der Waals surface area contributed by atoms with Crippen molar-refractivity contribution in [1.29, 1.82) is 0 Å². The number of nitrogens with zero attached hydrogens (tertiary/aromatic N) is 2. The first-order valence-electron chi connectivity index (χ1n) is 9.71. The molecule has 4 rings (SSSR count). The zero-order valence-electron chi connectivity index (χ0n) is 16.3. The van der Waals surface area contributed by atoms with Crippen LogP contribution in [0.3, 0.4) is 0 Å². The summed E-state index contributed by atoms with van der Waals surface area (Å²) >= 11 is 0. The van der Waals surface area contributed by atoms with Crippen LogP contribution in [0, 0.1) is 0 Å². The van der Waals surface area contributed by atoms with E-state index in [1.54, 1.807) is 18.1 Å². The fourth-order valence-corrected chi connectivity index (χ4v) is 3.51. The molecule has 2 amide bonds. The number of amides is 2. The fraction of sp³-hybridized carbons (Fsp3) is 0.381. The van der Waals surface area contributed by atoms with Crippen LogP contribution in [-0.2, 0) is 16.1 Å². The number of nitrogens with one attached hydrogen (secondary N) is 2. The van der Waals surface area contributed by atoms with Crippen LogP contribution in [0.2, 0.25) is 0 Å². The number of benzene rings is 1. The molecule has 0 bridgehead atoms. The molecule has 1 unspecified atom stereocenters. The summed E-state index contributed by atoms with van der Waals surface area (Å²) in [4.78, 5) is 31.1. The van der Waals surface area contributed by atoms with Crippen molar-refractivity contribution in [2.24, 2.45) is 0 Å². The van der Waals surface area contributed by atoms with E-state index in [0.717, 1.165) is 30.8 Å². The average Bonchev–Trinajstić information content (AvgIpc) is 3.28. The average molecular weight is 396 g/mol. The quantitative estimate of drug-likeness (QED) is 0.775. The SMILES string of the molecule is COc1ccc(CN2C(=O)CNc3ncc(C(=O)NCC4CCCO4)cc32)cc1. The highest BCUT2D eigenvalue weighted by atomic mass is 16.5. The van der Waals surface area contributed by atoms with Crippen LogP contribution in [0.25, 0.3) is 0 Å². The largest absolute Gasteiger partial charge is 0.497 e. The summed E-state index contributed by atoms with van der Waals surface area (Å²) in [6.07, 6.45) is 3.57. The van der Waals surface area contributed by atoms with Gasteiger partial charge in [-0.15, -0.1) is 0 Å². The third-order valence-electron chi connectivity index (χ3n) is 5.14. The Labute approximate surface area is 169 Å². The van der Waals surface area contributed by atoms with E-state index in [0.29, 0.717) is 30.2 Å². The molecule has 0 spiro atoms. The van der Waals surface area contributed by atoms with E-state index in [1.807, 2.05) is 24.3 Å². The Bertz CT molecular complexity index is 894. The molecular weight excluding hydrogens is 372 g/mol. The number of hydrogen-bond donors (Lipinski definition) is 2. The van der Waals surface area contributed by atoms with Gasteiger partial charge in [0, 0.05) is 19.3 Å². The summed E-state index contributed by atoms with van der Waals surface area (Å²) in [5.41, 5.74) is 1.97. The van der Waals surface area contributed by atoms with E-state index in [2.05, 4.69) is 15.6 Å². The van der Waals surface area contributed by atoms with Gasteiger partial charge in [-0.2, -0.15) is 0 Å². The molecule has 2 aromatic rings. The molecule has 1 aromatic heterocycles. The van der Waals surface area contributed by atoms with Crippen LogP contribution in [0.5, 0.6) is 5.75 Å². The first kappa shape index (κ1) is 19.2. The van der Waals surface area contributed by atoms with Gasteiger partial charge in [-0.3, -0.25) is 9.59 Å². The molecule has 8 nitrogen and oxygen atoms in total. The Morgan fingerprint density at radius 2 is 2.21 bits per heavy atom. The van der Waals surface area contributed by atoms with Gasteiger partial charge in [0.25, 0.3) is 5.91 Å². The van der Waals surface area contributed by atoms with Crippen molar-refractivity contribution in [3.05, 3.63) is 47.7 Å². The molecule has 1 aromatic carbocycles. The minimum absolute atomic E-state index is 0.0688. The van der Waals surface area contributed by atoms with E-state index >= 15 is 0 Å². The maximum atomic E-state index is 12.6. The normalized spacial score (nSPS) is 18.2. The van der Waals surface area contributed by atoms with E-state index in [9.17, 15) is 9.59 Å². The highest BCUT2D eigenvalue weighted by molar-refractivity contribution is 6.04. The standard InChI is InChI=1S/C21H24N4O4/c1-28-16-6-4-14(5-7-16)13-25-18-9-15(10-22-20(18)23-12-19(25)26)21(27)24-11-17-3-2-8-29-17/h4-7,9-10,17H,2-3,8,11-13H2,1H3,(H,22,23)(H,24,27). The minimum Gasteiger partial charge on any atom is -0.497 e. The Morgan fingerprint density at radius 1 is 1.38 bits per heavy atom. The van der Waals surface area contributed by atoms with Gasteiger partial charge >= 0.3 is 0 Å². The Hall–Kier alpha value is -3.13. The van der Waals surface area contributed by atoms with Crippen LogP contribution in [0.1, 0.15) is 28.8 Å². The lowest BCUT2D eigenvalue weighted by molar-refractivity contribution is -0.117. The number of aromatic nitrogens is 1. The number of fused-ring (bicyclic) bond motifs is 1. The summed E-state index contributed by atoms with van der Waals surface area (Å²) in [6.45, 7) is 1.78. The molecule has 8 heteroatoms. The molecule has 0 saturated carbocycles. The highest BCUT2D eigenvalue weighted by Gasteiger charge is 2.26. The molecule has 0 aliphatic carbocycles. The van der Waals surface area contributed by atoms with Crippen molar-refractivity contribution in [3.63, 3.8) is 0 Å². The Morgan fingerprint density at radius 3 is 2.93 bits per heavy atom. The van der Waals surface area contributed by atoms with Gasteiger partial charge < -0.3 is 25.0 Å². The monoisotopic (exact) mass is 396 g/mol. The van der Waals surface area contributed by atoms with Crippen LogP contribution in [0.15, 0.2) is 36.5 Å². The van der Waals surface area contributed by atoms with Crippen LogP contribution in [-0.4, -0.2) is 49.7 Å². The summed E-state index contributed by atoms with van der Waals surface area (Å²) < 4.78 is 10.7. The van der Waals surface area contributed by atoms with E-state index in [1.165, 1.54) is 6.20 Å². The highest BCUT2D eigenvalue weighted by Crippen LogP contribution is 2.30. The number of anilines is 2. The van der Waals surface area contributed by atoms with Crippen molar-refractivity contribution in [1.82, 2.24) is 10.3 Å². The molecule has 2 N–H and O–H groups in total. The van der Waals surface area contributed by atoms with Crippen LogP contribution in [0.4, 0.5) is 11.5 Å². The molecule has 1 fully saturated rings. The zero-order chi connectivity index (χ0) is 20.2. The summed E-state index contributed by atoms with van der Waals surface area (Å²) in [5, 5.41) is 5.91. The van der Waals surface area contributed by atoms with Gasteiger partial charge in [0.1, 0.15) is 5.75 Å². The van der Waals surface area contributed by atoms with Gasteiger partial charge in [-0.1, -0.05) is 12.1 Å². The first-order chi connectivity index (χ1) is 14.1.